The maximum absolute atomic E-state index is 12.0. The van der Waals surface area contributed by atoms with Gasteiger partial charge in [-0.05, 0) is 36.1 Å². The van der Waals surface area contributed by atoms with Crippen LogP contribution in [0.4, 0.5) is 5.69 Å². The minimum absolute atomic E-state index is 0.0688. The van der Waals surface area contributed by atoms with E-state index in [1.54, 1.807) is 0 Å². The zero-order valence-electron chi connectivity index (χ0n) is 16.1. The van der Waals surface area contributed by atoms with Crippen LogP contribution in [0, 0.1) is 0 Å². The van der Waals surface area contributed by atoms with Gasteiger partial charge in [-0.2, -0.15) is 0 Å². The topological polar surface area (TPSA) is 65.5 Å². The van der Waals surface area contributed by atoms with Gasteiger partial charge in [0.1, 0.15) is 0 Å². The SMILES string of the molecule is CCNC(=NCc1ccccc1CC)NCC1CC(=O)Nc2ccccc21. The summed E-state index contributed by atoms with van der Waals surface area (Å²) in [6.45, 7) is 6.33. The van der Waals surface area contributed by atoms with Gasteiger partial charge >= 0.3 is 0 Å². The minimum Gasteiger partial charge on any atom is -0.357 e. The molecule has 3 N–H and O–H groups in total. The van der Waals surface area contributed by atoms with E-state index in [1.807, 2.05) is 18.2 Å². The maximum atomic E-state index is 12.0. The third-order valence-electron chi connectivity index (χ3n) is 4.87. The Labute approximate surface area is 161 Å². The first-order valence-corrected chi connectivity index (χ1v) is 9.69. The molecule has 0 saturated carbocycles. The van der Waals surface area contributed by atoms with Crippen molar-refractivity contribution in [3.63, 3.8) is 0 Å². The van der Waals surface area contributed by atoms with Gasteiger partial charge in [0.15, 0.2) is 5.96 Å². The molecule has 2 aromatic rings. The van der Waals surface area contributed by atoms with E-state index in [-0.39, 0.29) is 11.8 Å². The highest BCUT2D eigenvalue weighted by atomic mass is 16.1. The highest BCUT2D eigenvalue weighted by Gasteiger charge is 2.24. The third-order valence-corrected chi connectivity index (χ3v) is 4.87. The van der Waals surface area contributed by atoms with E-state index >= 15 is 0 Å². The van der Waals surface area contributed by atoms with Crippen molar-refractivity contribution in [2.75, 3.05) is 18.4 Å². The molecule has 1 heterocycles. The third kappa shape index (κ3) is 4.88. The molecule has 5 heteroatoms. The lowest BCUT2D eigenvalue weighted by Gasteiger charge is -2.26. The molecule has 27 heavy (non-hydrogen) atoms. The van der Waals surface area contributed by atoms with Gasteiger partial charge in [-0.3, -0.25) is 4.79 Å². The average molecular weight is 364 g/mol. The molecule has 0 aliphatic carbocycles. The molecule has 0 spiro atoms. The number of aryl methyl sites for hydroxylation is 1. The van der Waals surface area contributed by atoms with Crippen molar-refractivity contribution in [2.24, 2.45) is 4.99 Å². The number of hydrogen-bond acceptors (Lipinski definition) is 2. The summed E-state index contributed by atoms with van der Waals surface area (Å²) in [4.78, 5) is 16.7. The fourth-order valence-corrected chi connectivity index (χ4v) is 3.47. The number of anilines is 1. The van der Waals surface area contributed by atoms with Crippen LogP contribution in [0.25, 0.3) is 0 Å². The fraction of sp³-hybridized carbons (Fsp3) is 0.364. The van der Waals surface area contributed by atoms with Crippen molar-refractivity contribution < 1.29 is 4.79 Å². The number of carbonyl (C=O) groups excluding carboxylic acids is 1. The highest BCUT2D eigenvalue weighted by molar-refractivity contribution is 5.94. The smallest absolute Gasteiger partial charge is 0.225 e. The van der Waals surface area contributed by atoms with E-state index in [0.717, 1.165) is 24.6 Å². The van der Waals surface area contributed by atoms with Crippen LogP contribution in [0.5, 0.6) is 0 Å². The predicted octanol–water partition coefficient (Wildman–Crippen LogP) is 3.43. The van der Waals surface area contributed by atoms with Crippen molar-refractivity contribution in [3.05, 3.63) is 65.2 Å². The number of para-hydroxylation sites is 1. The zero-order valence-corrected chi connectivity index (χ0v) is 16.1. The Kier molecular flexibility index (Phi) is 6.47. The summed E-state index contributed by atoms with van der Waals surface area (Å²) >= 11 is 0. The van der Waals surface area contributed by atoms with Crippen molar-refractivity contribution in [1.82, 2.24) is 10.6 Å². The van der Waals surface area contributed by atoms with Gasteiger partial charge in [-0.15, -0.1) is 0 Å². The van der Waals surface area contributed by atoms with E-state index in [4.69, 9.17) is 4.99 Å². The molecule has 3 rings (SSSR count). The summed E-state index contributed by atoms with van der Waals surface area (Å²) in [5, 5.41) is 9.67. The quantitative estimate of drug-likeness (QED) is 0.543. The molecule has 0 saturated heterocycles. The summed E-state index contributed by atoms with van der Waals surface area (Å²) in [7, 11) is 0. The lowest BCUT2D eigenvalue weighted by Crippen LogP contribution is -2.40. The molecule has 1 atom stereocenters. The van der Waals surface area contributed by atoms with Crippen molar-refractivity contribution in [2.45, 2.75) is 39.2 Å². The second-order valence-corrected chi connectivity index (χ2v) is 6.73. The zero-order chi connectivity index (χ0) is 19.1. The largest absolute Gasteiger partial charge is 0.357 e. The van der Waals surface area contributed by atoms with Crippen LogP contribution in [0.15, 0.2) is 53.5 Å². The van der Waals surface area contributed by atoms with E-state index < -0.39 is 0 Å². The summed E-state index contributed by atoms with van der Waals surface area (Å²) in [5.41, 5.74) is 4.67. The average Bonchev–Trinajstić information content (AvgIpc) is 2.70. The Morgan fingerprint density at radius 3 is 2.59 bits per heavy atom. The summed E-state index contributed by atoms with van der Waals surface area (Å²) < 4.78 is 0. The first-order chi connectivity index (χ1) is 13.2. The molecule has 0 radical (unpaired) electrons. The van der Waals surface area contributed by atoms with Crippen molar-refractivity contribution >= 4 is 17.6 Å². The van der Waals surface area contributed by atoms with Gasteiger partial charge in [0.2, 0.25) is 5.91 Å². The number of aliphatic imine (C=N–C) groups is 1. The summed E-state index contributed by atoms with van der Waals surface area (Å²) in [6, 6.07) is 16.4. The molecule has 1 aliphatic heterocycles. The molecule has 1 aliphatic rings. The molecule has 0 aromatic heterocycles. The Hall–Kier alpha value is -2.82. The second kappa shape index (κ2) is 9.21. The molecular weight excluding hydrogens is 336 g/mol. The molecule has 0 fully saturated rings. The van der Waals surface area contributed by atoms with Gasteiger partial charge < -0.3 is 16.0 Å². The van der Waals surface area contributed by atoms with Crippen LogP contribution in [-0.2, 0) is 17.8 Å². The molecular formula is C22H28N4O. The number of nitrogens with one attached hydrogen (secondary N) is 3. The van der Waals surface area contributed by atoms with Crippen molar-refractivity contribution in [1.29, 1.82) is 0 Å². The molecule has 0 bridgehead atoms. The number of guanidine groups is 1. The number of amides is 1. The molecule has 1 amide bonds. The summed E-state index contributed by atoms with van der Waals surface area (Å²) in [6.07, 6.45) is 1.49. The monoisotopic (exact) mass is 364 g/mol. The Balaban J connectivity index is 1.69. The van der Waals surface area contributed by atoms with Gasteiger partial charge in [-0.1, -0.05) is 49.4 Å². The van der Waals surface area contributed by atoms with Crippen LogP contribution in [0.1, 0.15) is 42.9 Å². The number of hydrogen-bond donors (Lipinski definition) is 3. The van der Waals surface area contributed by atoms with Crippen LogP contribution in [-0.4, -0.2) is 25.0 Å². The predicted molar refractivity (Wildman–Crippen MR) is 111 cm³/mol. The number of carbonyl (C=O) groups is 1. The van der Waals surface area contributed by atoms with Crippen molar-refractivity contribution in [3.8, 4) is 0 Å². The van der Waals surface area contributed by atoms with Gasteiger partial charge in [0.05, 0.1) is 6.54 Å². The number of rotatable bonds is 6. The fourth-order valence-electron chi connectivity index (χ4n) is 3.47. The molecule has 1 unspecified atom stereocenters. The Morgan fingerprint density at radius 2 is 1.81 bits per heavy atom. The van der Waals surface area contributed by atoms with E-state index in [2.05, 4.69) is 60.1 Å². The van der Waals surface area contributed by atoms with Crippen LogP contribution in [0.2, 0.25) is 0 Å². The second-order valence-electron chi connectivity index (χ2n) is 6.73. The van der Waals surface area contributed by atoms with E-state index in [9.17, 15) is 4.79 Å². The first-order valence-electron chi connectivity index (χ1n) is 9.69. The Morgan fingerprint density at radius 1 is 1.07 bits per heavy atom. The molecule has 5 nitrogen and oxygen atoms in total. The molecule has 142 valence electrons. The van der Waals surface area contributed by atoms with Gasteiger partial charge in [-0.25, -0.2) is 4.99 Å². The lowest BCUT2D eigenvalue weighted by atomic mass is 9.90. The summed E-state index contributed by atoms with van der Waals surface area (Å²) in [5.74, 6) is 0.993. The first kappa shape index (κ1) is 19.0. The normalized spacial score (nSPS) is 16.4. The number of benzene rings is 2. The lowest BCUT2D eigenvalue weighted by molar-refractivity contribution is -0.116. The van der Waals surface area contributed by atoms with Gasteiger partial charge in [0.25, 0.3) is 0 Å². The Bertz CT molecular complexity index is 815. The number of fused-ring (bicyclic) bond motifs is 1. The molecule has 2 aromatic carbocycles. The van der Waals surface area contributed by atoms with E-state index in [1.165, 1.54) is 16.7 Å². The van der Waals surface area contributed by atoms with E-state index in [0.29, 0.717) is 19.5 Å². The number of nitrogens with zero attached hydrogens (tertiary/aromatic N) is 1. The van der Waals surface area contributed by atoms with Gasteiger partial charge in [0, 0.05) is 31.1 Å². The minimum atomic E-state index is 0.0688. The van der Waals surface area contributed by atoms with Crippen LogP contribution >= 0.6 is 0 Å². The maximum Gasteiger partial charge on any atom is 0.225 e. The van der Waals surface area contributed by atoms with Crippen LogP contribution < -0.4 is 16.0 Å². The highest BCUT2D eigenvalue weighted by Crippen LogP contribution is 2.31. The standard InChI is InChI=1S/C22H28N4O/c1-3-16-9-5-6-10-17(16)14-24-22(23-4-2)25-15-18-13-21(27)26-20-12-8-7-11-19(18)20/h5-12,18H,3-4,13-15H2,1-2H3,(H,26,27)(H2,23,24,25). The van der Waals surface area contributed by atoms with Crippen LogP contribution in [0.3, 0.4) is 0 Å².